The fourth-order valence-electron chi connectivity index (χ4n) is 1.76. The lowest BCUT2D eigenvalue weighted by atomic mass is 10.2. The molecule has 0 atom stereocenters. The van der Waals surface area contributed by atoms with Gasteiger partial charge in [0.15, 0.2) is 15.9 Å². The van der Waals surface area contributed by atoms with Gasteiger partial charge in [-0.1, -0.05) is 40.8 Å². The molecule has 1 aromatic carbocycles. The highest BCUT2D eigenvalue weighted by molar-refractivity contribution is 7.98. The van der Waals surface area contributed by atoms with Crippen molar-refractivity contribution in [2.45, 2.75) is 10.9 Å². The molecular formula is C13H11ClN4OS2. The standard InChI is InChI=1S/C13H11ClN4OS2/c1-19-9-3-2-7(4-8(9)14)6-20-13-16-5-10-11(18-13)17-12(15)21-10/h2-5H,6H2,1H3,(H2,15,16,17,18). The topological polar surface area (TPSA) is 73.9 Å². The fourth-order valence-corrected chi connectivity index (χ4v) is 3.43. The number of hydrogen-bond donors (Lipinski definition) is 1. The zero-order chi connectivity index (χ0) is 14.8. The van der Waals surface area contributed by atoms with Gasteiger partial charge >= 0.3 is 0 Å². The second-order valence-corrected chi connectivity index (χ2v) is 6.56. The maximum absolute atomic E-state index is 6.10. The molecule has 0 aliphatic rings. The number of nitrogen functional groups attached to an aromatic ring is 1. The second-order valence-electron chi connectivity index (χ2n) is 4.15. The minimum Gasteiger partial charge on any atom is -0.495 e. The Bertz CT molecular complexity index is 793. The van der Waals surface area contributed by atoms with Crippen LogP contribution in [0.1, 0.15) is 5.56 Å². The number of methoxy groups -OCH3 is 1. The summed E-state index contributed by atoms with van der Waals surface area (Å²) in [5, 5.41) is 1.77. The summed E-state index contributed by atoms with van der Waals surface area (Å²) in [6.45, 7) is 0. The van der Waals surface area contributed by atoms with Gasteiger partial charge in [-0.3, -0.25) is 0 Å². The van der Waals surface area contributed by atoms with Crippen LogP contribution in [0.2, 0.25) is 5.02 Å². The van der Waals surface area contributed by atoms with E-state index in [-0.39, 0.29) is 0 Å². The maximum Gasteiger partial charge on any atom is 0.189 e. The molecule has 21 heavy (non-hydrogen) atoms. The molecule has 0 radical (unpaired) electrons. The van der Waals surface area contributed by atoms with Crippen molar-refractivity contribution in [2.75, 3.05) is 12.8 Å². The van der Waals surface area contributed by atoms with Crippen molar-refractivity contribution in [2.24, 2.45) is 0 Å². The summed E-state index contributed by atoms with van der Waals surface area (Å²) in [5.74, 6) is 1.38. The largest absolute Gasteiger partial charge is 0.495 e. The first-order valence-electron chi connectivity index (χ1n) is 6.00. The average Bonchev–Trinajstić information content (AvgIpc) is 2.84. The van der Waals surface area contributed by atoms with Crippen LogP contribution >= 0.6 is 34.7 Å². The van der Waals surface area contributed by atoms with Crippen molar-refractivity contribution in [3.05, 3.63) is 35.0 Å². The fraction of sp³-hybridized carbons (Fsp3) is 0.154. The Morgan fingerprint density at radius 2 is 2.24 bits per heavy atom. The maximum atomic E-state index is 6.10. The summed E-state index contributed by atoms with van der Waals surface area (Å²) in [6.07, 6.45) is 1.75. The molecule has 5 nitrogen and oxygen atoms in total. The van der Waals surface area contributed by atoms with Crippen molar-refractivity contribution >= 4 is 50.2 Å². The SMILES string of the molecule is COc1ccc(CSc2ncc3sc(N)nc3n2)cc1Cl. The highest BCUT2D eigenvalue weighted by Crippen LogP contribution is 2.29. The minimum absolute atomic E-state index is 0.503. The molecule has 2 N–H and O–H groups in total. The molecule has 0 fully saturated rings. The monoisotopic (exact) mass is 338 g/mol. The summed E-state index contributed by atoms with van der Waals surface area (Å²) in [7, 11) is 1.60. The minimum atomic E-state index is 0.503. The van der Waals surface area contributed by atoms with E-state index in [0.717, 1.165) is 16.0 Å². The number of nitrogens with two attached hydrogens (primary N) is 1. The molecule has 3 rings (SSSR count). The van der Waals surface area contributed by atoms with Crippen LogP contribution in [-0.4, -0.2) is 22.1 Å². The Balaban J connectivity index is 1.75. The predicted octanol–water partition coefficient (Wildman–Crippen LogP) is 3.62. The van der Waals surface area contributed by atoms with Crippen LogP contribution in [0.15, 0.2) is 29.6 Å². The lowest BCUT2D eigenvalue weighted by molar-refractivity contribution is 0.415. The third-order valence-corrected chi connectivity index (χ3v) is 4.77. The van der Waals surface area contributed by atoms with Gasteiger partial charge in [0.05, 0.1) is 23.0 Å². The molecule has 0 bridgehead atoms. The number of benzene rings is 1. The summed E-state index contributed by atoms with van der Waals surface area (Å²) in [6, 6.07) is 5.70. The Hall–Kier alpha value is -1.57. The number of halogens is 1. The number of thioether (sulfide) groups is 1. The second kappa shape index (κ2) is 6.05. The van der Waals surface area contributed by atoms with Gasteiger partial charge in [-0.2, -0.15) is 0 Å². The van der Waals surface area contributed by atoms with Crippen LogP contribution in [0.5, 0.6) is 5.75 Å². The van der Waals surface area contributed by atoms with Gasteiger partial charge in [-0.15, -0.1) is 0 Å². The number of aromatic nitrogens is 3. The number of nitrogens with zero attached hydrogens (tertiary/aromatic N) is 3. The average molecular weight is 339 g/mol. The molecule has 0 amide bonds. The van der Waals surface area contributed by atoms with Gasteiger partial charge < -0.3 is 10.5 Å². The molecule has 108 valence electrons. The quantitative estimate of drug-likeness (QED) is 0.578. The van der Waals surface area contributed by atoms with Gasteiger partial charge in [0.1, 0.15) is 5.75 Å². The highest BCUT2D eigenvalue weighted by atomic mass is 35.5. The lowest BCUT2D eigenvalue weighted by Gasteiger charge is -2.05. The van der Waals surface area contributed by atoms with Gasteiger partial charge in [0, 0.05) is 5.75 Å². The van der Waals surface area contributed by atoms with Crippen LogP contribution in [-0.2, 0) is 5.75 Å². The summed E-state index contributed by atoms with van der Waals surface area (Å²) in [5.41, 5.74) is 7.37. The summed E-state index contributed by atoms with van der Waals surface area (Å²) in [4.78, 5) is 12.8. The van der Waals surface area contributed by atoms with E-state index in [0.29, 0.717) is 26.7 Å². The molecule has 0 saturated carbocycles. The normalized spacial score (nSPS) is 11.0. The van der Waals surface area contributed by atoms with Crippen molar-refractivity contribution in [1.29, 1.82) is 0 Å². The Kier molecular flexibility index (Phi) is 4.14. The van der Waals surface area contributed by atoms with Crippen LogP contribution < -0.4 is 10.5 Å². The van der Waals surface area contributed by atoms with Crippen molar-refractivity contribution in [3.63, 3.8) is 0 Å². The first-order valence-corrected chi connectivity index (χ1v) is 8.18. The van der Waals surface area contributed by atoms with Crippen LogP contribution in [0.25, 0.3) is 10.3 Å². The van der Waals surface area contributed by atoms with E-state index >= 15 is 0 Å². The lowest BCUT2D eigenvalue weighted by Crippen LogP contribution is -1.90. The zero-order valence-electron chi connectivity index (χ0n) is 11.0. The van der Waals surface area contributed by atoms with Crippen LogP contribution in [0, 0.1) is 0 Å². The molecule has 0 unspecified atom stereocenters. The molecule has 0 aliphatic carbocycles. The smallest absolute Gasteiger partial charge is 0.189 e. The molecule has 0 aliphatic heterocycles. The molecular weight excluding hydrogens is 328 g/mol. The van der Waals surface area contributed by atoms with Gasteiger partial charge in [-0.05, 0) is 17.7 Å². The van der Waals surface area contributed by atoms with Crippen LogP contribution in [0.4, 0.5) is 5.13 Å². The van der Waals surface area contributed by atoms with E-state index in [1.165, 1.54) is 23.1 Å². The van der Waals surface area contributed by atoms with E-state index in [2.05, 4.69) is 15.0 Å². The van der Waals surface area contributed by atoms with Crippen molar-refractivity contribution in [3.8, 4) is 5.75 Å². The van der Waals surface area contributed by atoms with E-state index in [4.69, 9.17) is 22.1 Å². The summed E-state index contributed by atoms with van der Waals surface area (Å²) >= 11 is 9.01. The van der Waals surface area contributed by atoms with Crippen LogP contribution in [0.3, 0.4) is 0 Å². The molecule has 3 aromatic rings. The summed E-state index contributed by atoms with van der Waals surface area (Å²) < 4.78 is 6.02. The first kappa shape index (κ1) is 14.4. The molecule has 0 saturated heterocycles. The van der Waals surface area contributed by atoms with Gasteiger partial charge in [0.2, 0.25) is 0 Å². The Labute approximate surface area is 134 Å². The number of anilines is 1. The van der Waals surface area contributed by atoms with Gasteiger partial charge in [0.25, 0.3) is 0 Å². The molecule has 8 heteroatoms. The molecule has 2 aromatic heterocycles. The third kappa shape index (κ3) is 3.20. The molecule has 2 heterocycles. The predicted molar refractivity (Wildman–Crippen MR) is 87.2 cm³/mol. The number of fused-ring (bicyclic) bond motifs is 1. The van der Waals surface area contributed by atoms with E-state index in [1.54, 1.807) is 13.3 Å². The number of ether oxygens (including phenoxy) is 1. The third-order valence-electron chi connectivity index (χ3n) is 2.73. The number of rotatable bonds is 4. The van der Waals surface area contributed by atoms with Crippen molar-refractivity contribution in [1.82, 2.24) is 15.0 Å². The van der Waals surface area contributed by atoms with E-state index < -0.39 is 0 Å². The number of hydrogen-bond acceptors (Lipinski definition) is 7. The first-order chi connectivity index (χ1) is 10.2. The van der Waals surface area contributed by atoms with Gasteiger partial charge in [-0.25, -0.2) is 15.0 Å². The zero-order valence-corrected chi connectivity index (χ0v) is 13.4. The van der Waals surface area contributed by atoms with E-state index in [1.807, 2.05) is 18.2 Å². The van der Waals surface area contributed by atoms with Crippen molar-refractivity contribution < 1.29 is 4.74 Å². The number of thiazole rings is 1. The Morgan fingerprint density at radius 3 is 3.00 bits per heavy atom. The van der Waals surface area contributed by atoms with E-state index in [9.17, 15) is 0 Å². The highest BCUT2D eigenvalue weighted by Gasteiger charge is 2.07. The molecule has 0 spiro atoms. The Morgan fingerprint density at radius 1 is 1.38 bits per heavy atom.